The molecule has 2 aliphatic rings. The Morgan fingerprint density at radius 3 is 2.00 bits per heavy atom. The second kappa shape index (κ2) is 3.25. The highest BCUT2D eigenvalue weighted by atomic mass is 16.6. The first kappa shape index (κ1) is 8.26. The van der Waals surface area contributed by atoms with Crippen molar-refractivity contribution in [1.82, 2.24) is 15.0 Å². The molecule has 2 aliphatic heterocycles. The first-order chi connectivity index (χ1) is 6.90. The van der Waals surface area contributed by atoms with Crippen LogP contribution in [0.3, 0.4) is 0 Å². The molecule has 74 valence electrons. The van der Waals surface area contributed by atoms with E-state index in [4.69, 9.17) is 9.47 Å². The van der Waals surface area contributed by atoms with Crippen molar-refractivity contribution in [3.63, 3.8) is 0 Å². The van der Waals surface area contributed by atoms with Gasteiger partial charge in [0, 0.05) is 12.8 Å². The van der Waals surface area contributed by atoms with Crippen molar-refractivity contribution in [2.24, 2.45) is 0 Å². The number of hydrogen-bond donors (Lipinski definition) is 0. The summed E-state index contributed by atoms with van der Waals surface area (Å²) in [6, 6.07) is 0. The predicted molar refractivity (Wildman–Crippen MR) is 46.7 cm³/mol. The Labute approximate surface area is 81.5 Å². The van der Waals surface area contributed by atoms with Crippen LogP contribution in [0.25, 0.3) is 0 Å². The smallest absolute Gasteiger partial charge is 0.134 e. The molecule has 0 aliphatic carbocycles. The largest absolute Gasteiger partial charge is 0.373 e. The third-order valence-electron chi connectivity index (χ3n) is 2.30. The Kier molecular flexibility index (Phi) is 1.92. The molecule has 2 saturated heterocycles. The SMILES string of the molecule is c1nc(CC2CO2)nc(CC2CO2)n1. The van der Waals surface area contributed by atoms with Gasteiger partial charge in [-0.1, -0.05) is 0 Å². The molecule has 0 aromatic carbocycles. The molecule has 0 amide bonds. The van der Waals surface area contributed by atoms with Crippen molar-refractivity contribution in [1.29, 1.82) is 0 Å². The summed E-state index contributed by atoms with van der Waals surface area (Å²) in [6.45, 7) is 1.68. The van der Waals surface area contributed by atoms with E-state index in [2.05, 4.69) is 15.0 Å². The summed E-state index contributed by atoms with van der Waals surface area (Å²) < 4.78 is 10.2. The first-order valence-corrected chi connectivity index (χ1v) is 4.80. The van der Waals surface area contributed by atoms with Crippen molar-refractivity contribution in [2.75, 3.05) is 13.2 Å². The van der Waals surface area contributed by atoms with Gasteiger partial charge < -0.3 is 9.47 Å². The zero-order chi connectivity index (χ0) is 9.38. The fraction of sp³-hybridized carbons (Fsp3) is 0.667. The molecule has 5 heteroatoms. The van der Waals surface area contributed by atoms with E-state index in [9.17, 15) is 0 Å². The van der Waals surface area contributed by atoms with E-state index < -0.39 is 0 Å². The second-order valence-electron chi connectivity index (χ2n) is 3.64. The van der Waals surface area contributed by atoms with Crippen molar-refractivity contribution in [3.05, 3.63) is 18.0 Å². The quantitative estimate of drug-likeness (QED) is 0.617. The number of nitrogens with zero attached hydrogens (tertiary/aromatic N) is 3. The lowest BCUT2D eigenvalue weighted by molar-refractivity contribution is 0.399. The van der Waals surface area contributed by atoms with Crippen LogP contribution in [0, 0.1) is 0 Å². The molecule has 2 fully saturated rings. The highest BCUT2D eigenvalue weighted by Crippen LogP contribution is 2.15. The summed E-state index contributed by atoms with van der Waals surface area (Å²) >= 11 is 0. The van der Waals surface area contributed by atoms with E-state index in [0.717, 1.165) is 37.7 Å². The van der Waals surface area contributed by atoms with Crippen molar-refractivity contribution in [2.45, 2.75) is 25.0 Å². The summed E-state index contributed by atoms with van der Waals surface area (Å²) in [5.74, 6) is 1.66. The number of epoxide rings is 2. The molecule has 0 N–H and O–H groups in total. The summed E-state index contributed by atoms with van der Waals surface area (Å²) in [6.07, 6.45) is 3.86. The third-order valence-corrected chi connectivity index (χ3v) is 2.30. The van der Waals surface area contributed by atoms with Gasteiger partial charge in [-0.2, -0.15) is 0 Å². The zero-order valence-corrected chi connectivity index (χ0v) is 7.72. The van der Waals surface area contributed by atoms with Crippen LogP contribution in [0.15, 0.2) is 6.33 Å². The maximum atomic E-state index is 5.12. The van der Waals surface area contributed by atoms with Crippen LogP contribution >= 0.6 is 0 Å². The number of rotatable bonds is 4. The second-order valence-corrected chi connectivity index (χ2v) is 3.64. The van der Waals surface area contributed by atoms with Gasteiger partial charge in [0.2, 0.25) is 0 Å². The Morgan fingerprint density at radius 2 is 1.57 bits per heavy atom. The lowest BCUT2D eigenvalue weighted by atomic mass is 10.3. The van der Waals surface area contributed by atoms with Crippen LogP contribution in [0.5, 0.6) is 0 Å². The van der Waals surface area contributed by atoms with E-state index >= 15 is 0 Å². The Hall–Kier alpha value is -1.07. The van der Waals surface area contributed by atoms with E-state index in [1.165, 1.54) is 0 Å². The lowest BCUT2D eigenvalue weighted by Crippen LogP contribution is -2.07. The molecule has 0 saturated carbocycles. The van der Waals surface area contributed by atoms with Gasteiger partial charge in [0.05, 0.1) is 25.4 Å². The molecule has 1 aromatic rings. The number of ether oxygens (including phenoxy) is 2. The molecular weight excluding hydrogens is 182 g/mol. The van der Waals surface area contributed by atoms with Gasteiger partial charge in [-0.3, -0.25) is 0 Å². The fourth-order valence-corrected chi connectivity index (χ4v) is 1.34. The zero-order valence-electron chi connectivity index (χ0n) is 7.72. The highest BCUT2D eigenvalue weighted by molar-refractivity contribution is 4.97. The molecule has 0 radical (unpaired) electrons. The minimum Gasteiger partial charge on any atom is -0.373 e. The van der Waals surface area contributed by atoms with Crippen molar-refractivity contribution >= 4 is 0 Å². The maximum Gasteiger partial charge on any atom is 0.134 e. The van der Waals surface area contributed by atoms with Gasteiger partial charge >= 0.3 is 0 Å². The van der Waals surface area contributed by atoms with E-state index in [-0.39, 0.29) is 0 Å². The minimum atomic E-state index is 0.336. The van der Waals surface area contributed by atoms with E-state index in [1.54, 1.807) is 6.33 Å². The third kappa shape index (κ3) is 2.05. The summed E-state index contributed by atoms with van der Waals surface area (Å²) in [7, 11) is 0. The molecule has 5 nitrogen and oxygen atoms in total. The normalized spacial score (nSPS) is 28.9. The van der Waals surface area contributed by atoms with Gasteiger partial charge in [0.25, 0.3) is 0 Å². The first-order valence-electron chi connectivity index (χ1n) is 4.80. The molecular formula is C9H11N3O2. The van der Waals surface area contributed by atoms with Crippen LogP contribution in [-0.2, 0) is 22.3 Å². The average Bonchev–Trinajstić information content (AvgIpc) is 3.00. The summed E-state index contributed by atoms with van der Waals surface area (Å²) in [5.41, 5.74) is 0. The van der Waals surface area contributed by atoms with Gasteiger partial charge in [0.1, 0.15) is 18.0 Å². The molecule has 2 atom stereocenters. The van der Waals surface area contributed by atoms with Gasteiger partial charge in [-0.05, 0) is 0 Å². The molecule has 0 spiro atoms. The van der Waals surface area contributed by atoms with Crippen LogP contribution in [0.1, 0.15) is 11.6 Å². The van der Waals surface area contributed by atoms with Crippen molar-refractivity contribution < 1.29 is 9.47 Å². The Balaban J connectivity index is 1.68. The molecule has 1 aromatic heterocycles. The standard InChI is InChI=1S/C9H11N3O2/c1(6-3-13-6)8-10-5-11-9(12-8)2-7-4-14-7/h5-7H,1-4H2. The van der Waals surface area contributed by atoms with Gasteiger partial charge in [-0.25, -0.2) is 15.0 Å². The summed E-state index contributed by atoms with van der Waals surface area (Å²) in [4.78, 5) is 12.6. The van der Waals surface area contributed by atoms with Crippen LogP contribution < -0.4 is 0 Å². The monoisotopic (exact) mass is 193 g/mol. The van der Waals surface area contributed by atoms with Crippen LogP contribution in [0.4, 0.5) is 0 Å². The molecule has 0 bridgehead atoms. The topological polar surface area (TPSA) is 63.7 Å². The number of hydrogen-bond acceptors (Lipinski definition) is 5. The van der Waals surface area contributed by atoms with E-state index in [1.807, 2.05) is 0 Å². The minimum absolute atomic E-state index is 0.336. The molecule has 3 heterocycles. The van der Waals surface area contributed by atoms with Gasteiger partial charge in [-0.15, -0.1) is 0 Å². The highest BCUT2D eigenvalue weighted by Gasteiger charge is 2.26. The Morgan fingerprint density at radius 1 is 1.07 bits per heavy atom. The average molecular weight is 193 g/mol. The molecule has 14 heavy (non-hydrogen) atoms. The van der Waals surface area contributed by atoms with Crippen LogP contribution in [-0.4, -0.2) is 40.4 Å². The van der Waals surface area contributed by atoms with E-state index in [0.29, 0.717) is 12.2 Å². The predicted octanol–water partition coefficient (Wildman–Crippen LogP) is -0.246. The van der Waals surface area contributed by atoms with Crippen molar-refractivity contribution in [3.8, 4) is 0 Å². The lowest BCUT2D eigenvalue weighted by Gasteiger charge is -1.99. The van der Waals surface area contributed by atoms with Crippen LogP contribution in [0.2, 0.25) is 0 Å². The molecule has 3 rings (SSSR count). The molecule has 2 unspecified atom stereocenters. The number of aromatic nitrogens is 3. The Bertz CT molecular complexity index is 307. The van der Waals surface area contributed by atoms with Gasteiger partial charge in [0.15, 0.2) is 0 Å². The fourth-order valence-electron chi connectivity index (χ4n) is 1.34. The summed E-state index contributed by atoms with van der Waals surface area (Å²) in [5, 5.41) is 0. The maximum absolute atomic E-state index is 5.12.